The standard InChI is InChI=1S/C12H18N2O2S/c1-3-10(8-12(13)14-15)17-11-6-4-5-9(7-11)16-2/h4-7,10,15H,3,8H2,1-2H3,(H2,13,14). The number of nitrogens with two attached hydrogens (primary N) is 1. The molecule has 0 saturated heterocycles. The second kappa shape index (κ2) is 7.06. The Balaban J connectivity index is 2.66. The van der Waals surface area contributed by atoms with Crippen molar-refractivity contribution in [2.24, 2.45) is 10.9 Å². The first-order valence-corrected chi connectivity index (χ1v) is 6.34. The highest BCUT2D eigenvalue weighted by atomic mass is 32.2. The molecule has 0 aliphatic carbocycles. The van der Waals surface area contributed by atoms with Gasteiger partial charge in [-0.25, -0.2) is 0 Å². The van der Waals surface area contributed by atoms with E-state index in [-0.39, 0.29) is 5.84 Å². The van der Waals surface area contributed by atoms with Gasteiger partial charge >= 0.3 is 0 Å². The van der Waals surface area contributed by atoms with Crippen LogP contribution >= 0.6 is 11.8 Å². The first-order valence-electron chi connectivity index (χ1n) is 5.46. The van der Waals surface area contributed by atoms with Crippen LogP contribution in [0.1, 0.15) is 19.8 Å². The Bertz CT molecular complexity index is 383. The molecule has 17 heavy (non-hydrogen) atoms. The second-order valence-electron chi connectivity index (χ2n) is 3.62. The van der Waals surface area contributed by atoms with Crippen LogP contribution in [0.4, 0.5) is 0 Å². The van der Waals surface area contributed by atoms with E-state index in [1.807, 2.05) is 24.3 Å². The quantitative estimate of drug-likeness (QED) is 0.269. The average Bonchev–Trinajstić information content (AvgIpc) is 2.37. The zero-order chi connectivity index (χ0) is 12.7. The molecule has 0 aromatic heterocycles. The van der Waals surface area contributed by atoms with Crippen molar-refractivity contribution in [1.82, 2.24) is 0 Å². The maximum Gasteiger partial charge on any atom is 0.140 e. The molecule has 1 aromatic carbocycles. The summed E-state index contributed by atoms with van der Waals surface area (Å²) in [6, 6.07) is 7.88. The van der Waals surface area contributed by atoms with Crippen molar-refractivity contribution in [3.8, 4) is 5.75 Å². The van der Waals surface area contributed by atoms with Gasteiger partial charge in [0.2, 0.25) is 0 Å². The third-order valence-electron chi connectivity index (χ3n) is 2.36. The van der Waals surface area contributed by atoms with Gasteiger partial charge in [0.05, 0.1) is 7.11 Å². The molecule has 1 rings (SSSR count). The maximum atomic E-state index is 8.56. The van der Waals surface area contributed by atoms with Gasteiger partial charge in [-0.05, 0) is 24.6 Å². The fraction of sp³-hybridized carbons (Fsp3) is 0.417. The predicted molar refractivity (Wildman–Crippen MR) is 71.0 cm³/mol. The van der Waals surface area contributed by atoms with Crippen LogP contribution in [-0.2, 0) is 0 Å². The highest BCUT2D eigenvalue weighted by molar-refractivity contribution is 8.00. The SMILES string of the molecule is CCC(C/C(N)=N/O)Sc1cccc(OC)c1. The molecule has 1 unspecified atom stereocenters. The van der Waals surface area contributed by atoms with E-state index < -0.39 is 0 Å². The zero-order valence-corrected chi connectivity index (χ0v) is 10.9. The van der Waals surface area contributed by atoms with Crippen molar-refractivity contribution < 1.29 is 9.94 Å². The summed E-state index contributed by atoms with van der Waals surface area (Å²) >= 11 is 1.71. The number of hydrogen-bond acceptors (Lipinski definition) is 4. The van der Waals surface area contributed by atoms with Gasteiger partial charge in [-0.15, -0.1) is 11.8 Å². The van der Waals surface area contributed by atoms with E-state index in [0.29, 0.717) is 11.7 Å². The summed E-state index contributed by atoms with van der Waals surface area (Å²) in [6.07, 6.45) is 1.53. The lowest BCUT2D eigenvalue weighted by atomic mass is 10.2. The fourth-order valence-corrected chi connectivity index (χ4v) is 2.56. The van der Waals surface area contributed by atoms with E-state index in [1.165, 1.54) is 0 Å². The summed E-state index contributed by atoms with van der Waals surface area (Å²) < 4.78 is 5.17. The van der Waals surface area contributed by atoms with Crippen LogP contribution in [0.5, 0.6) is 5.75 Å². The molecule has 3 N–H and O–H groups in total. The molecule has 0 radical (unpaired) electrons. The smallest absolute Gasteiger partial charge is 0.140 e. The molecule has 0 saturated carbocycles. The van der Waals surface area contributed by atoms with Crippen molar-refractivity contribution in [3.05, 3.63) is 24.3 Å². The number of oxime groups is 1. The van der Waals surface area contributed by atoms with Gasteiger partial charge in [-0.1, -0.05) is 18.1 Å². The monoisotopic (exact) mass is 254 g/mol. The van der Waals surface area contributed by atoms with Crippen LogP contribution in [0.25, 0.3) is 0 Å². The Morgan fingerprint density at radius 3 is 2.94 bits per heavy atom. The van der Waals surface area contributed by atoms with E-state index in [1.54, 1.807) is 18.9 Å². The molecule has 0 amide bonds. The van der Waals surface area contributed by atoms with Crippen LogP contribution < -0.4 is 10.5 Å². The van der Waals surface area contributed by atoms with Crippen LogP contribution in [-0.4, -0.2) is 23.4 Å². The van der Waals surface area contributed by atoms with Crippen molar-refractivity contribution in [2.45, 2.75) is 29.9 Å². The molecule has 4 nitrogen and oxygen atoms in total. The van der Waals surface area contributed by atoms with Gasteiger partial charge < -0.3 is 15.7 Å². The lowest BCUT2D eigenvalue weighted by molar-refractivity contribution is 0.316. The molecular formula is C12H18N2O2S. The maximum absolute atomic E-state index is 8.56. The average molecular weight is 254 g/mol. The van der Waals surface area contributed by atoms with Crippen LogP contribution in [0, 0.1) is 0 Å². The van der Waals surface area contributed by atoms with Crippen molar-refractivity contribution in [3.63, 3.8) is 0 Å². The van der Waals surface area contributed by atoms with Crippen LogP contribution in [0.2, 0.25) is 0 Å². The molecular weight excluding hydrogens is 236 g/mol. The molecule has 1 atom stereocenters. The fourth-order valence-electron chi connectivity index (χ4n) is 1.41. The Morgan fingerprint density at radius 2 is 2.35 bits per heavy atom. The highest BCUT2D eigenvalue weighted by Gasteiger charge is 2.11. The molecule has 94 valence electrons. The number of nitrogens with zero attached hydrogens (tertiary/aromatic N) is 1. The van der Waals surface area contributed by atoms with Gasteiger partial charge in [0.15, 0.2) is 0 Å². The normalized spacial score (nSPS) is 13.4. The third-order valence-corrected chi connectivity index (χ3v) is 3.72. The lowest BCUT2D eigenvalue weighted by Gasteiger charge is -2.13. The van der Waals surface area contributed by atoms with E-state index in [0.717, 1.165) is 17.1 Å². The van der Waals surface area contributed by atoms with Gasteiger partial charge in [-0.2, -0.15) is 0 Å². The van der Waals surface area contributed by atoms with Crippen LogP contribution in [0.3, 0.4) is 0 Å². The first-order chi connectivity index (χ1) is 8.19. The molecule has 0 aliphatic rings. The third kappa shape index (κ3) is 4.56. The van der Waals surface area contributed by atoms with E-state index >= 15 is 0 Å². The highest BCUT2D eigenvalue weighted by Crippen LogP contribution is 2.29. The van der Waals surface area contributed by atoms with E-state index in [9.17, 15) is 0 Å². The van der Waals surface area contributed by atoms with Crippen molar-refractivity contribution >= 4 is 17.6 Å². The Morgan fingerprint density at radius 1 is 1.59 bits per heavy atom. The van der Waals surface area contributed by atoms with E-state index in [2.05, 4.69) is 12.1 Å². The number of hydrogen-bond donors (Lipinski definition) is 2. The number of thioether (sulfide) groups is 1. The number of amidine groups is 1. The lowest BCUT2D eigenvalue weighted by Crippen LogP contribution is -2.18. The van der Waals surface area contributed by atoms with Gasteiger partial charge in [0.25, 0.3) is 0 Å². The van der Waals surface area contributed by atoms with Crippen LogP contribution in [0.15, 0.2) is 34.3 Å². The van der Waals surface area contributed by atoms with Gasteiger partial charge in [0, 0.05) is 16.6 Å². The van der Waals surface area contributed by atoms with E-state index in [4.69, 9.17) is 15.7 Å². The Kier molecular flexibility index (Phi) is 5.69. The summed E-state index contributed by atoms with van der Waals surface area (Å²) in [5.41, 5.74) is 5.52. The topological polar surface area (TPSA) is 67.8 Å². The summed E-state index contributed by atoms with van der Waals surface area (Å²) in [5, 5.41) is 11.9. The summed E-state index contributed by atoms with van der Waals surface area (Å²) in [7, 11) is 1.65. The molecule has 5 heteroatoms. The second-order valence-corrected chi connectivity index (χ2v) is 5.00. The first kappa shape index (κ1) is 13.7. The predicted octanol–water partition coefficient (Wildman–Crippen LogP) is 2.70. The Hall–Kier alpha value is -1.36. The number of methoxy groups -OCH3 is 1. The van der Waals surface area contributed by atoms with Crippen molar-refractivity contribution in [1.29, 1.82) is 0 Å². The Labute approximate surface area is 106 Å². The number of rotatable bonds is 6. The minimum Gasteiger partial charge on any atom is -0.497 e. The van der Waals surface area contributed by atoms with Gasteiger partial charge in [0.1, 0.15) is 11.6 Å². The largest absolute Gasteiger partial charge is 0.497 e. The summed E-state index contributed by atoms with van der Waals surface area (Å²) in [5.74, 6) is 1.11. The number of ether oxygens (including phenoxy) is 1. The minimum absolute atomic E-state index is 0.271. The molecule has 0 spiro atoms. The minimum atomic E-state index is 0.271. The number of benzene rings is 1. The molecule has 0 bridgehead atoms. The summed E-state index contributed by atoms with van der Waals surface area (Å²) in [4.78, 5) is 1.13. The van der Waals surface area contributed by atoms with Crippen molar-refractivity contribution in [2.75, 3.05) is 7.11 Å². The zero-order valence-electron chi connectivity index (χ0n) is 10.1. The molecule has 1 aromatic rings. The molecule has 0 heterocycles. The molecule has 0 fully saturated rings. The van der Waals surface area contributed by atoms with Gasteiger partial charge in [-0.3, -0.25) is 0 Å². The molecule has 0 aliphatic heterocycles. The summed E-state index contributed by atoms with van der Waals surface area (Å²) in [6.45, 7) is 2.09.